The third-order valence-corrected chi connectivity index (χ3v) is 4.04. The van der Waals surface area contributed by atoms with Crippen molar-refractivity contribution >= 4 is 17.7 Å². The van der Waals surface area contributed by atoms with Gasteiger partial charge in [0.15, 0.2) is 11.5 Å². The van der Waals surface area contributed by atoms with Crippen LogP contribution in [0, 0.1) is 0 Å². The summed E-state index contributed by atoms with van der Waals surface area (Å²) >= 11 is 0. The van der Waals surface area contributed by atoms with E-state index in [1.165, 1.54) is 6.08 Å². The van der Waals surface area contributed by atoms with Crippen molar-refractivity contribution in [1.29, 1.82) is 0 Å². The number of carbonyl (C=O) groups is 1. The predicted octanol–water partition coefficient (Wildman–Crippen LogP) is 4.62. The molecule has 2 aromatic carbocycles. The van der Waals surface area contributed by atoms with E-state index in [0.29, 0.717) is 19.1 Å². The first kappa shape index (κ1) is 17.1. The molecule has 1 heterocycles. The van der Waals surface area contributed by atoms with E-state index < -0.39 is 0 Å². The summed E-state index contributed by atoms with van der Waals surface area (Å²) in [7, 11) is 0. The van der Waals surface area contributed by atoms with Crippen LogP contribution in [0.4, 0.5) is 5.69 Å². The number of carbonyl (C=O) groups excluding carboxylic acids is 1. The summed E-state index contributed by atoms with van der Waals surface area (Å²) < 4.78 is 11.3. The van der Waals surface area contributed by atoms with Crippen LogP contribution in [0.1, 0.15) is 37.3 Å². The van der Waals surface area contributed by atoms with E-state index in [2.05, 4.69) is 19.2 Å². The van der Waals surface area contributed by atoms with E-state index in [-0.39, 0.29) is 5.91 Å². The van der Waals surface area contributed by atoms with Gasteiger partial charge in [0.1, 0.15) is 0 Å². The molecular formula is C21H23NO3. The first-order valence-corrected chi connectivity index (χ1v) is 8.61. The number of fused-ring (bicyclic) bond motifs is 1. The summed E-state index contributed by atoms with van der Waals surface area (Å²) in [6.45, 7) is 5.53. The molecule has 0 unspecified atom stereocenters. The average molecular weight is 337 g/mol. The number of ether oxygens (including phenoxy) is 2. The zero-order valence-corrected chi connectivity index (χ0v) is 14.6. The molecule has 130 valence electrons. The lowest BCUT2D eigenvalue weighted by atomic mass is 10.0. The summed E-state index contributed by atoms with van der Waals surface area (Å²) in [4.78, 5) is 12.3. The van der Waals surface area contributed by atoms with Gasteiger partial charge in [-0.05, 0) is 41.3 Å². The molecule has 0 aliphatic carbocycles. The van der Waals surface area contributed by atoms with Gasteiger partial charge in [-0.3, -0.25) is 4.79 Å². The van der Waals surface area contributed by atoms with Gasteiger partial charge in [-0.25, -0.2) is 0 Å². The van der Waals surface area contributed by atoms with E-state index >= 15 is 0 Å². The molecule has 4 heteroatoms. The lowest BCUT2D eigenvalue weighted by molar-refractivity contribution is -0.111. The summed E-state index contributed by atoms with van der Waals surface area (Å²) in [5.74, 6) is 1.68. The van der Waals surface area contributed by atoms with Crippen molar-refractivity contribution in [2.45, 2.75) is 26.2 Å². The highest BCUT2D eigenvalue weighted by atomic mass is 16.5. The van der Waals surface area contributed by atoms with Crippen LogP contribution in [0.2, 0.25) is 0 Å². The summed E-state index contributed by atoms with van der Waals surface area (Å²) in [6, 6.07) is 13.6. The Morgan fingerprint density at radius 1 is 1.08 bits per heavy atom. The van der Waals surface area contributed by atoms with Crippen molar-refractivity contribution in [1.82, 2.24) is 0 Å². The Kier molecular flexibility index (Phi) is 5.39. The second-order valence-corrected chi connectivity index (χ2v) is 6.32. The first-order valence-electron chi connectivity index (χ1n) is 8.61. The van der Waals surface area contributed by atoms with Gasteiger partial charge in [0.2, 0.25) is 5.91 Å². The largest absolute Gasteiger partial charge is 0.490 e. The van der Waals surface area contributed by atoms with Gasteiger partial charge in [-0.15, -0.1) is 0 Å². The number of rotatable bonds is 4. The van der Waals surface area contributed by atoms with Crippen molar-refractivity contribution in [3.63, 3.8) is 0 Å². The minimum absolute atomic E-state index is 0.153. The maximum atomic E-state index is 12.3. The van der Waals surface area contributed by atoms with Crippen molar-refractivity contribution in [2.75, 3.05) is 18.5 Å². The Hall–Kier alpha value is -2.75. The molecule has 0 aromatic heterocycles. The van der Waals surface area contributed by atoms with E-state index in [1.807, 2.05) is 42.5 Å². The Morgan fingerprint density at radius 3 is 2.64 bits per heavy atom. The molecule has 4 nitrogen and oxygen atoms in total. The maximum absolute atomic E-state index is 12.3. The van der Waals surface area contributed by atoms with Crippen LogP contribution in [0.25, 0.3) is 6.08 Å². The average Bonchev–Trinajstić information content (AvgIpc) is 2.85. The van der Waals surface area contributed by atoms with Crippen LogP contribution in [0.5, 0.6) is 11.5 Å². The van der Waals surface area contributed by atoms with E-state index in [9.17, 15) is 4.79 Å². The predicted molar refractivity (Wildman–Crippen MR) is 100 cm³/mol. The number of benzene rings is 2. The van der Waals surface area contributed by atoms with E-state index in [1.54, 1.807) is 6.08 Å². The Morgan fingerprint density at radius 2 is 1.84 bits per heavy atom. The number of anilines is 1. The Bertz CT molecular complexity index is 780. The normalized spacial score (nSPS) is 13.7. The molecule has 2 aromatic rings. The Labute approximate surface area is 148 Å². The van der Waals surface area contributed by atoms with Crippen LogP contribution >= 0.6 is 0 Å². The van der Waals surface area contributed by atoms with Gasteiger partial charge in [0.05, 0.1) is 13.2 Å². The molecule has 1 aliphatic heterocycles. The molecule has 0 fully saturated rings. The van der Waals surface area contributed by atoms with Crippen LogP contribution in [-0.2, 0) is 4.79 Å². The number of hydrogen-bond acceptors (Lipinski definition) is 3. The fourth-order valence-electron chi connectivity index (χ4n) is 2.74. The van der Waals surface area contributed by atoms with Gasteiger partial charge < -0.3 is 14.8 Å². The third kappa shape index (κ3) is 4.41. The topological polar surface area (TPSA) is 47.6 Å². The van der Waals surface area contributed by atoms with Gasteiger partial charge in [0.25, 0.3) is 0 Å². The second kappa shape index (κ2) is 7.88. The monoisotopic (exact) mass is 337 g/mol. The van der Waals surface area contributed by atoms with Crippen molar-refractivity contribution in [3.8, 4) is 11.5 Å². The Balaban J connectivity index is 1.70. The zero-order chi connectivity index (χ0) is 17.6. The van der Waals surface area contributed by atoms with Crippen LogP contribution in [0.3, 0.4) is 0 Å². The van der Waals surface area contributed by atoms with Gasteiger partial charge in [-0.2, -0.15) is 0 Å². The number of para-hydroxylation sites is 1. The molecule has 1 amide bonds. The molecule has 0 bridgehead atoms. The van der Waals surface area contributed by atoms with Crippen LogP contribution in [0.15, 0.2) is 48.5 Å². The lowest BCUT2D eigenvalue weighted by Crippen LogP contribution is -2.10. The quantitative estimate of drug-likeness (QED) is 0.828. The highest BCUT2D eigenvalue weighted by molar-refractivity contribution is 6.02. The van der Waals surface area contributed by atoms with Crippen molar-refractivity contribution < 1.29 is 14.3 Å². The standard InChI is InChI=1S/C21H23NO3/c1-15(2)17-6-3-4-7-18(17)22-21(23)11-9-16-8-10-19-20(14-16)25-13-5-12-24-19/h3-4,6-11,14-15H,5,12-13H2,1-2H3,(H,22,23)/b11-9+. The number of hydrogen-bond donors (Lipinski definition) is 1. The van der Waals surface area contributed by atoms with Crippen molar-refractivity contribution in [2.24, 2.45) is 0 Å². The molecular weight excluding hydrogens is 314 g/mol. The highest BCUT2D eigenvalue weighted by Crippen LogP contribution is 2.30. The minimum atomic E-state index is -0.153. The molecule has 1 N–H and O–H groups in total. The smallest absolute Gasteiger partial charge is 0.248 e. The van der Waals surface area contributed by atoms with Gasteiger partial charge in [0, 0.05) is 18.2 Å². The number of amides is 1. The molecule has 3 rings (SSSR count). The molecule has 0 saturated carbocycles. The third-order valence-electron chi connectivity index (χ3n) is 4.04. The molecule has 25 heavy (non-hydrogen) atoms. The molecule has 0 saturated heterocycles. The van der Waals surface area contributed by atoms with Gasteiger partial charge in [-0.1, -0.05) is 38.1 Å². The lowest BCUT2D eigenvalue weighted by Gasteiger charge is -2.12. The second-order valence-electron chi connectivity index (χ2n) is 6.32. The van der Waals surface area contributed by atoms with Crippen LogP contribution < -0.4 is 14.8 Å². The van der Waals surface area contributed by atoms with E-state index in [0.717, 1.165) is 34.7 Å². The molecule has 0 atom stereocenters. The highest BCUT2D eigenvalue weighted by Gasteiger charge is 2.10. The van der Waals surface area contributed by atoms with Gasteiger partial charge >= 0.3 is 0 Å². The van der Waals surface area contributed by atoms with Crippen LogP contribution in [-0.4, -0.2) is 19.1 Å². The fourth-order valence-corrected chi connectivity index (χ4v) is 2.74. The molecule has 1 aliphatic rings. The number of nitrogens with one attached hydrogen (secondary N) is 1. The van der Waals surface area contributed by atoms with Crippen molar-refractivity contribution in [3.05, 3.63) is 59.7 Å². The molecule has 0 spiro atoms. The fraction of sp³-hybridized carbons (Fsp3) is 0.286. The first-order chi connectivity index (χ1) is 12.1. The molecule has 0 radical (unpaired) electrons. The summed E-state index contributed by atoms with van der Waals surface area (Å²) in [6.07, 6.45) is 4.19. The SMILES string of the molecule is CC(C)c1ccccc1NC(=O)/C=C/c1ccc2c(c1)OCCCO2. The minimum Gasteiger partial charge on any atom is -0.490 e. The van der Waals surface area contributed by atoms with E-state index in [4.69, 9.17) is 9.47 Å². The summed E-state index contributed by atoms with van der Waals surface area (Å²) in [5, 5.41) is 2.95. The summed E-state index contributed by atoms with van der Waals surface area (Å²) in [5.41, 5.74) is 2.88. The zero-order valence-electron chi connectivity index (χ0n) is 14.6. The maximum Gasteiger partial charge on any atom is 0.248 e.